The third kappa shape index (κ3) is 73.9. The Morgan fingerprint density at radius 1 is 0.542 bits per heavy atom. The van der Waals surface area contributed by atoms with Crippen LogP contribution in [0.2, 0.25) is 0 Å². The molecule has 2 aromatic carbocycles. The van der Waals surface area contributed by atoms with Gasteiger partial charge in [-0.05, 0) is 74.9 Å². The minimum absolute atomic E-state index is 0.00306. The molecule has 0 aromatic heterocycles. The van der Waals surface area contributed by atoms with Gasteiger partial charge in [0.25, 0.3) is 0 Å². The van der Waals surface area contributed by atoms with Crippen LogP contribution in [0.25, 0.3) is 0 Å². The maximum absolute atomic E-state index is 10.7. The summed E-state index contributed by atoms with van der Waals surface area (Å²) in [5.41, 5.74) is 0. The van der Waals surface area contributed by atoms with Crippen LogP contribution in [0.4, 0.5) is 0 Å². The Bertz CT molecular complexity index is 2010. The van der Waals surface area contributed by atoms with Crippen LogP contribution in [-0.4, -0.2) is 135 Å². The molecule has 430 valence electrons. The van der Waals surface area contributed by atoms with Gasteiger partial charge in [-0.3, -0.25) is 36.5 Å². The highest BCUT2D eigenvalue weighted by atomic mass is 79.9. The fourth-order valence-electron chi connectivity index (χ4n) is 3.75. The number of ether oxygens (including phenoxy) is 2. The van der Waals surface area contributed by atoms with E-state index in [1.807, 2.05) is 13.8 Å². The number of rotatable bonds is 21. The highest BCUT2D eigenvalue weighted by molar-refractivity contribution is 9.09. The van der Waals surface area contributed by atoms with Gasteiger partial charge in [0, 0.05) is 30.6 Å². The summed E-state index contributed by atoms with van der Waals surface area (Å²) in [6, 6.07) is 13.4. The van der Waals surface area contributed by atoms with E-state index in [2.05, 4.69) is 29.4 Å². The van der Waals surface area contributed by atoms with Crippen molar-refractivity contribution in [2.24, 2.45) is 5.92 Å². The van der Waals surface area contributed by atoms with Crippen LogP contribution >= 0.6 is 76.7 Å². The van der Waals surface area contributed by atoms with E-state index in [0.29, 0.717) is 36.2 Å². The fraction of sp³-hybridized carbons (Fsp3) is 0.622. The van der Waals surface area contributed by atoms with Crippen molar-refractivity contribution in [3.8, 4) is 5.75 Å². The standard InChI is InChI=1S/C8H19O3P.C7H9O4P.C6H7O3P.C5H13O4P.C4H11O3P.C3H8BrO3P.C2H7O3P.C2H5O3P/c1-3-5-6-8(4-2)7-12(9,10)11;1-11-6-2-4-7(5-3-6)12(8,9)10;7-10(8,9)6-4-2-1-3-5-6;1-5(9-2)3-4-10(6,7)8;1-2-3-4-8(5,6)7;4-2-1-3-8(5,6)7;2*1-2-6(3,4)5/h8H,3-7H2,1-2H3,(H2,9,10,11);2-5H,1H3,(H2,8,9,10);1-5H,(H2,7,8,9);5H,3-4H2,1-2H3,(H2,6,7,8);2-4H2,1H3,(H2,5,6,7);1-3H2,(H2,5,6,7);2H2,1H3,(H2,3,4,5);2H,1H2,(H2,3,4,5). The molecule has 35 heteroatoms. The SMILES string of the molecule is C=CP(=O)(O)O.CCCCC(CC)CP(=O)(O)O.CCCCP(=O)(O)O.CCP(=O)(O)O.COC(C)CCP(=O)(O)O.COc1ccc(P(=O)(O)O)cc1.O=P(O)(O)CCCBr.O=P(O)(O)c1ccccc1. The molecule has 72 heavy (non-hydrogen) atoms. The summed E-state index contributed by atoms with van der Waals surface area (Å²) in [6.07, 6.45) is 6.20. The molecule has 2 aromatic rings. The Kier molecular flexibility index (Phi) is 50.2. The lowest BCUT2D eigenvalue weighted by atomic mass is 10.0. The fourth-order valence-corrected chi connectivity index (χ4v) is 8.67. The second-order valence-electron chi connectivity index (χ2n) is 14.5. The summed E-state index contributed by atoms with van der Waals surface area (Å²) < 4.78 is 91.2. The molecule has 0 spiro atoms. The monoisotopic (exact) mass is 1270 g/mol. The van der Waals surface area contributed by atoms with Crippen molar-refractivity contribution in [2.75, 3.05) is 50.4 Å². The number of hydrogen-bond donors (Lipinski definition) is 16. The molecular weight excluding hydrogens is 1190 g/mol. The summed E-state index contributed by atoms with van der Waals surface area (Å²) in [6.45, 7) is 12.1. The number of hydrogen-bond acceptors (Lipinski definition) is 10. The Labute approximate surface area is 430 Å². The summed E-state index contributed by atoms with van der Waals surface area (Å²) in [5.74, 6) is 1.38. The summed E-state index contributed by atoms with van der Waals surface area (Å²) in [7, 11) is -27.6. The molecular formula is C37H79BrO26P8. The van der Waals surface area contributed by atoms with Crippen molar-refractivity contribution in [1.29, 1.82) is 0 Å². The van der Waals surface area contributed by atoms with Crippen molar-refractivity contribution in [3.63, 3.8) is 0 Å². The highest BCUT2D eigenvalue weighted by Crippen LogP contribution is 2.40. The lowest BCUT2D eigenvalue weighted by molar-refractivity contribution is 0.114. The zero-order valence-electron chi connectivity index (χ0n) is 41.2. The number of methoxy groups -OCH3 is 2. The van der Waals surface area contributed by atoms with Gasteiger partial charge < -0.3 is 87.8 Å². The molecule has 0 fully saturated rings. The van der Waals surface area contributed by atoms with E-state index in [1.54, 1.807) is 25.1 Å². The Morgan fingerprint density at radius 3 is 1.14 bits per heavy atom. The van der Waals surface area contributed by atoms with Gasteiger partial charge in [0.2, 0.25) is 0 Å². The molecule has 0 heterocycles. The van der Waals surface area contributed by atoms with E-state index in [9.17, 15) is 36.5 Å². The summed E-state index contributed by atoms with van der Waals surface area (Å²) >= 11 is 3.06. The molecule has 2 unspecified atom stereocenters. The molecule has 2 rings (SSSR count). The van der Waals surface area contributed by atoms with Gasteiger partial charge in [0.1, 0.15) is 5.75 Å². The Balaban J connectivity index is -0.000000175. The molecule has 0 radical (unpaired) electrons. The normalized spacial score (nSPS) is 12.6. The zero-order chi connectivity index (χ0) is 58.3. The van der Waals surface area contributed by atoms with E-state index >= 15 is 0 Å². The summed E-state index contributed by atoms with van der Waals surface area (Å²) in [4.78, 5) is 133. The molecule has 0 saturated heterocycles. The van der Waals surface area contributed by atoms with Crippen LogP contribution in [-0.2, 0) is 41.3 Å². The molecule has 26 nitrogen and oxygen atoms in total. The largest absolute Gasteiger partial charge is 0.497 e. The average Bonchev–Trinajstić information content (AvgIpc) is 3.25. The first-order chi connectivity index (χ1) is 32.3. The zero-order valence-corrected chi connectivity index (χ0v) is 50.0. The molecule has 16 N–H and O–H groups in total. The molecule has 0 saturated carbocycles. The van der Waals surface area contributed by atoms with Crippen LogP contribution in [0.5, 0.6) is 5.75 Å². The van der Waals surface area contributed by atoms with Crippen molar-refractivity contribution >= 4 is 87.3 Å². The Morgan fingerprint density at radius 2 is 0.917 bits per heavy atom. The number of benzene rings is 2. The smallest absolute Gasteiger partial charge is 0.356 e. The van der Waals surface area contributed by atoms with Gasteiger partial charge in [-0.15, -0.1) is 0 Å². The van der Waals surface area contributed by atoms with Gasteiger partial charge in [0.05, 0.1) is 42.3 Å². The number of halogens is 1. The van der Waals surface area contributed by atoms with Crippen LogP contribution in [0, 0.1) is 5.92 Å². The first-order valence-corrected chi connectivity index (χ1v) is 36.2. The van der Waals surface area contributed by atoms with Crippen molar-refractivity contribution in [1.82, 2.24) is 0 Å². The Hall–Kier alpha value is -0.380. The lowest BCUT2D eigenvalue weighted by Gasteiger charge is -2.14. The maximum atomic E-state index is 10.7. The molecule has 0 amide bonds. The van der Waals surface area contributed by atoms with Crippen molar-refractivity contribution in [3.05, 3.63) is 67.0 Å². The van der Waals surface area contributed by atoms with Crippen LogP contribution < -0.4 is 15.3 Å². The van der Waals surface area contributed by atoms with Crippen molar-refractivity contribution < 1.29 is 124 Å². The number of unbranched alkanes of at least 4 members (excludes halogenated alkanes) is 2. The predicted octanol–water partition coefficient (Wildman–Crippen LogP) is 6.36. The van der Waals surface area contributed by atoms with Crippen LogP contribution in [0.15, 0.2) is 67.0 Å². The van der Waals surface area contributed by atoms with E-state index in [4.69, 9.17) is 87.8 Å². The number of alkyl halides is 1. The third-order valence-corrected chi connectivity index (χ3v) is 15.2. The van der Waals surface area contributed by atoms with E-state index in [-0.39, 0.29) is 53.4 Å². The maximum Gasteiger partial charge on any atom is 0.356 e. The predicted molar refractivity (Wildman–Crippen MR) is 283 cm³/mol. The quantitative estimate of drug-likeness (QED) is 0.0477. The van der Waals surface area contributed by atoms with Gasteiger partial charge in [-0.1, -0.05) is 94.1 Å². The third-order valence-electron chi connectivity index (χ3n) is 7.81. The van der Waals surface area contributed by atoms with E-state index in [1.165, 1.54) is 57.5 Å². The van der Waals surface area contributed by atoms with Gasteiger partial charge in [-0.25, -0.2) is 0 Å². The minimum Gasteiger partial charge on any atom is -0.497 e. The minimum atomic E-state index is -4.10. The van der Waals surface area contributed by atoms with Gasteiger partial charge in [-0.2, -0.15) is 0 Å². The second kappa shape index (κ2) is 43.6. The highest BCUT2D eigenvalue weighted by Gasteiger charge is 2.20. The van der Waals surface area contributed by atoms with Gasteiger partial charge >= 0.3 is 60.8 Å². The summed E-state index contributed by atoms with van der Waals surface area (Å²) in [5, 5.41) is 0.719. The first kappa shape index (κ1) is 83.0. The van der Waals surface area contributed by atoms with E-state index < -0.39 is 60.8 Å². The molecule has 0 bridgehead atoms. The van der Waals surface area contributed by atoms with E-state index in [0.717, 1.165) is 32.1 Å². The van der Waals surface area contributed by atoms with Crippen LogP contribution in [0.3, 0.4) is 0 Å². The first-order valence-electron chi connectivity index (χ1n) is 21.1. The lowest BCUT2D eigenvalue weighted by Crippen LogP contribution is -2.06. The molecule has 0 aliphatic carbocycles. The van der Waals surface area contributed by atoms with Crippen LogP contribution in [0.1, 0.15) is 86.0 Å². The molecule has 2 atom stereocenters. The molecule has 0 aliphatic heterocycles. The van der Waals surface area contributed by atoms with Crippen molar-refractivity contribution in [2.45, 2.75) is 92.1 Å². The van der Waals surface area contributed by atoms with Gasteiger partial charge in [0.15, 0.2) is 0 Å². The second-order valence-corrected chi connectivity index (χ2v) is 29.1. The topological polar surface area (TPSA) is 479 Å². The average molecular weight is 1270 g/mol. The molecule has 0 aliphatic rings.